The number of anilines is 1. The number of nitrogens with one attached hydrogen (secondary N) is 1. The molecule has 2 rings (SSSR count). The van der Waals surface area contributed by atoms with Gasteiger partial charge in [0.05, 0.1) is 17.1 Å². The zero-order valence-corrected chi connectivity index (χ0v) is 12.2. The lowest BCUT2D eigenvalue weighted by molar-refractivity contribution is 0.579. The molecule has 6 nitrogen and oxygen atoms in total. The lowest BCUT2D eigenvalue weighted by Gasteiger charge is -2.11. The molecule has 3 N–H and O–H groups in total. The SMILES string of the molecule is Cc1c(N)cc(Cl)cc1S(=O)(=O)NCc1cccnn1. The molecule has 1 aromatic carbocycles. The number of sulfonamides is 1. The van der Waals surface area contributed by atoms with Gasteiger partial charge in [-0.05, 0) is 36.8 Å². The third-order valence-electron chi connectivity index (χ3n) is 2.73. The van der Waals surface area contributed by atoms with Gasteiger partial charge in [-0.3, -0.25) is 0 Å². The Morgan fingerprint density at radius 2 is 2.15 bits per heavy atom. The van der Waals surface area contributed by atoms with E-state index in [-0.39, 0.29) is 16.5 Å². The Morgan fingerprint density at radius 1 is 1.40 bits per heavy atom. The van der Waals surface area contributed by atoms with E-state index >= 15 is 0 Å². The maximum atomic E-state index is 12.3. The molecule has 0 spiro atoms. The summed E-state index contributed by atoms with van der Waals surface area (Å²) in [6.45, 7) is 1.67. The number of hydrogen-bond donors (Lipinski definition) is 2. The first-order chi connectivity index (χ1) is 9.40. The van der Waals surface area contributed by atoms with Crippen molar-refractivity contribution in [3.63, 3.8) is 0 Å². The van der Waals surface area contributed by atoms with Crippen molar-refractivity contribution in [1.29, 1.82) is 0 Å². The van der Waals surface area contributed by atoms with Gasteiger partial charge in [0.1, 0.15) is 0 Å². The van der Waals surface area contributed by atoms with E-state index in [4.69, 9.17) is 17.3 Å². The van der Waals surface area contributed by atoms with E-state index in [0.717, 1.165) is 0 Å². The van der Waals surface area contributed by atoms with Crippen LogP contribution in [0.1, 0.15) is 11.3 Å². The standard InChI is InChI=1S/C12H13ClN4O2S/c1-8-11(14)5-9(13)6-12(8)20(18,19)16-7-10-3-2-4-15-17-10/h2-6,16H,7,14H2,1H3. The van der Waals surface area contributed by atoms with Crippen LogP contribution in [0.15, 0.2) is 35.4 Å². The largest absolute Gasteiger partial charge is 0.398 e. The average molecular weight is 313 g/mol. The van der Waals surface area contributed by atoms with Crippen molar-refractivity contribution in [2.45, 2.75) is 18.4 Å². The summed E-state index contributed by atoms with van der Waals surface area (Å²) in [6.07, 6.45) is 1.51. The van der Waals surface area contributed by atoms with E-state index in [0.29, 0.717) is 16.9 Å². The van der Waals surface area contributed by atoms with Gasteiger partial charge in [0.15, 0.2) is 0 Å². The molecular weight excluding hydrogens is 300 g/mol. The molecular formula is C12H13ClN4O2S. The second-order valence-electron chi connectivity index (χ2n) is 4.16. The topological polar surface area (TPSA) is 98.0 Å². The Kier molecular flexibility index (Phi) is 4.22. The average Bonchev–Trinajstić information content (AvgIpc) is 2.42. The van der Waals surface area contributed by atoms with Crippen LogP contribution in [0.3, 0.4) is 0 Å². The number of nitrogen functional groups attached to an aromatic ring is 1. The fourth-order valence-corrected chi connectivity index (χ4v) is 3.22. The second-order valence-corrected chi connectivity index (χ2v) is 6.33. The van der Waals surface area contributed by atoms with Gasteiger partial charge in [-0.2, -0.15) is 10.2 Å². The number of halogens is 1. The molecule has 0 aliphatic rings. The van der Waals surface area contributed by atoms with Crippen molar-refractivity contribution in [1.82, 2.24) is 14.9 Å². The molecule has 1 aromatic heterocycles. The van der Waals surface area contributed by atoms with Crippen LogP contribution in [0.4, 0.5) is 5.69 Å². The summed E-state index contributed by atoms with van der Waals surface area (Å²) in [5, 5.41) is 7.75. The van der Waals surface area contributed by atoms with Gasteiger partial charge in [0, 0.05) is 16.9 Å². The van der Waals surface area contributed by atoms with Gasteiger partial charge in [0.25, 0.3) is 0 Å². The van der Waals surface area contributed by atoms with Gasteiger partial charge >= 0.3 is 0 Å². The third kappa shape index (κ3) is 3.24. The van der Waals surface area contributed by atoms with Gasteiger partial charge in [0.2, 0.25) is 10.0 Å². The fraction of sp³-hybridized carbons (Fsp3) is 0.167. The Morgan fingerprint density at radius 3 is 2.80 bits per heavy atom. The van der Waals surface area contributed by atoms with E-state index in [9.17, 15) is 8.42 Å². The fourth-order valence-electron chi connectivity index (χ4n) is 1.63. The number of hydrogen-bond acceptors (Lipinski definition) is 5. The highest BCUT2D eigenvalue weighted by atomic mass is 35.5. The number of benzene rings is 1. The highest BCUT2D eigenvalue weighted by Crippen LogP contribution is 2.25. The lowest BCUT2D eigenvalue weighted by Crippen LogP contribution is -2.24. The van der Waals surface area contributed by atoms with Gasteiger partial charge in [-0.25, -0.2) is 13.1 Å². The first-order valence-electron chi connectivity index (χ1n) is 5.72. The molecule has 0 aliphatic carbocycles. The summed E-state index contributed by atoms with van der Waals surface area (Å²) in [5.41, 5.74) is 7.03. The zero-order chi connectivity index (χ0) is 14.8. The molecule has 0 atom stereocenters. The van der Waals surface area contributed by atoms with Crippen LogP contribution >= 0.6 is 11.6 Å². The Labute approximate surface area is 122 Å². The normalized spacial score (nSPS) is 11.5. The van der Waals surface area contributed by atoms with Crippen LogP contribution in [-0.2, 0) is 16.6 Å². The van der Waals surface area contributed by atoms with Crippen molar-refractivity contribution in [3.05, 3.63) is 46.7 Å². The zero-order valence-electron chi connectivity index (χ0n) is 10.7. The molecule has 0 saturated carbocycles. The number of nitrogens with zero attached hydrogens (tertiary/aromatic N) is 2. The van der Waals surface area contributed by atoms with Crippen LogP contribution in [0.5, 0.6) is 0 Å². The first kappa shape index (κ1) is 14.7. The smallest absolute Gasteiger partial charge is 0.241 e. The van der Waals surface area contributed by atoms with Gasteiger partial charge in [-0.15, -0.1) is 0 Å². The highest BCUT2D eigenvalue weighted by molar-refractivity contribution is 7.89. The minimum atomic E-state index is -3.72. The van der Waals surface area contributed by atoms with Crippen molar-refractivity contribution >= 4 is 27.3 Å². The number of nitrogens with two attached hydrogens (primary N) is 1. The van der Waals surface area contributed by atoms with Crippen LogP contribution in [0.25, 0.3) is 0 Å². The maximum absolute atomic E-state index is 12.3. The summed E-state index contributed by atoms with van der Waals surface area (Å²) in [7, 11) is -3.72. The molecule has 106 valence electrons. The van der Waals surface area contributed by atoms with Crippen molar-refractivity contribution < 1.29 is 8.42 Å². The molecule has 8 heteroatoms. The van der Waals surface area contributed by atoms with Crippen LogP contribution in [-0.4, -0.2) is 18.6 Å². The predicted molar refractivity (Wildman–Crippen MR) is 76.7 cm³/mol. The van der Waals surface area contributed by atoms with Crippen molar-refractivity contribution in [3.8, 4) is 0 Å². The highest BCUT2D eigenvalue weighted by Gasteiger charge is 2.19. The Hall–Kier alpha value is -1.70. The van der Waals surface area contributed by atoms with Crippen LogP contribution in [0.2, 0.25) is 5.02 Å². The minimum Gasteiger partial charge on any atom is -0.398 e. The number of aromatic nitrogens is 2. The van der Waals surface area contributed by atoms with E-state index in [1.807, 2.05) is 0 Å². The molecule has 0 radical (unpaired) electrons. The second kappa shape index (κ2) is 5.74. The quantitative estimate of drug-likeness (QED) is 0.834. The maximum Gasteiger partial charge on any atom is 0.241 e. The van der Waals surface area contributed by atoms with Crippen LogP contribution in [0, 0.1) is 6.92 Å². The molecule has 0 bridgehead atoms. The lowest BCUT2D eigenvalue weighted by atomic mass is 10.2. The molecule has 0 amide bonds. The third-order valence-corrected chi connectivity index (χ3v) is 4.47. The first-order valence-corrected chi connectivity index (χ1v) is 7.58. The monoisotopic (exact) mass is 312 g/mol. The van der Waals surface area contributed by atoms with Gasteiger partial charge < -0.3 is 5.73 Å². The molecule has 0 aliphatic heterocycles. The molecule has 0 saturated heterocycles. The number of rotatable bonds is 4. The molecule has 0 fully saturated rings. The molecule has 20 heavy (non-hydrogen) atoms. The summed E-state index contributed by atoms with van der Waals surface area (Å²) in [5.74, 6) is 0. The summed E-state index contributed by atoms with van der Waals surface area (Å²) < 4.78 is 27.0. The van der Waals surface area contributed by atoms with E-state index in [2.05, 4.69) is 14.9 Å². The molecule has 1 heterocycles. The minimum absolute atomic E-state index is 0.0437. The summed E-state index contributed by atoms with van der Waals surface area (Å²) in [4.78, 5) is 0.0615. The summed E-state index contributed by atoms with van der Waals surface area (Å²) in [6, 6.07) is 6.23. The van der Waals surface area contributed by atoms with E-state index in [1.54, 1.807) is 19.1 Å². The predicted octanol–water partition coefficient (Wildman–Crippen LogP) is 1.50. The Bertz CT molecular complexity index is 720. The van der Waals surface area contributed by atoms with E-state index in [1.165, 1.54) is 18.3 Å². The Balaban J connectivity index is 2.27. The van der Waals surface area contributed by atoms with Gasteiger partial charge in [-0.1, -0.05) is 11.6 Å². The van der Waals surface area contributed by atoms with Crippen molar-refractivity contribution in [2.75, 3.05) is 5.73 Å². The molecule has 2 aromatic rings. The summed E-state index contributed by atoms with van der Waals surface area (Å²) >= 11 is 5.85. The van der Waals surface area contributed by atoms with Crippen molar-refractivity contribution in [2.24, 2.45) is 0 Å². The molecule has 0 unspecified atom stereocenters. The van der Waals surface area contributed by atoms with Crippen LogP contribution < -0.4 is 10.5 Å². The van der Waals surface area contributed by atoms with E-state index < -0.39 is 10.0 Å².